The zero-order chi connectivity index (χ0) is 44.6. The largest absolute Gasteiger partial charge is 0.264 e. The van der Waals surface area contributed by atoms with E-state index in [-0.39, 0.29) is 0 Å². The van der Waals surface area contributed by atoms with Gasteiger partial charge in [0.15, 0.2) is 0 Å². The lowest BCUT2D eigenvalue weighted by molar-refractivity contribution is 0.197. The molecule has 0 spiro atoms. The van der Waals surface area contributed by atoms with Gasteiger partial charge >= 0.3 is 0 Å². The Labute approximate surface area is 368 Å². The van der Waals surface area contributed by atoms with Gasteiger partial charge in [-0.3, -0.25) is 9.97 Å². The predicted molar refractivity (Wildman–Crippen MR) is 267 cm³/mol. The van der Waals surface area contributed by atoms with E-state index in [0.29, 0.717) is 0 Å². The lowest BCUT2D eigenvalue weighted by atomic mass is 9.75. The molecule has 60 heavy (non-hydrogen) atoms. The van der Waals surface area contributed by atoms with E-state index < -0.39 is 0 Å². The zero-order valence-electron chi connectivity index (χ0n) is 40.3. The third-order valence-electron chi connectivity index (χ3n) is 12.5. The molecule has 2 nitrogen and oxygen atoms in total. The molecule has 8 rings (SSSR count). The Bertz CT molecular complexity index is 1930. The molecule has 2 saturated carbocycles. The van der Waals surface area contributed by atoms with E-state index >= 15 is 0 Å². The zero-order valence-corrected chi connectivity index (χ0v) is 40.3. The van der Waals surface area contributed by atoms with E-state index in [1.165, 1.54) is 86.5 Å². The minimum absolute atomic E-state index is 0.971. The average molecular weight is 805 g/mol. The van der Waals surface area contributed by atoms with Gasteiger partial charge in [-0.15, -0.1) is 0 Å². The van der Waals surface area contributed by atoms with Gasteiger partial charge in [0.25, 0.3) is 0 Å². The number of fused-ring (bicyclic) bond motifs is 1. The van der Waals surface area contributed by atoms with Gasteiger partial charge in [-0.25, -0.2) is 0 Å². The molecule has 0 bridgehead atoms. The molecule has 2 aromatic heterocycles. The van der Waals surface area contributed by atoms with Crippen molar-refractivity contribution in [1.82, 2.24) is 9.97 Å². The van der Waals surface area contributed by atoms with Crippen molar-refractivity contribution in [2.45, 2.75) is 130 Å². The predicted octanol–water partition coefficient (Wildman–Crippen LogP) is 17.1. The standard InChI is InChI=1S/C14H14.C12H12.C9H18.2C7H9N.C5H10.C4H8/c1-11-7-3-5-9-13(11)14-10-6-4-8-12(14)2;1-9-7-11-5-3-4-6-12(11)8-10(9)2;1-7-5-4-6-8(2)9(7)3;1-6-3-4-8-5-7(6)2;1-6-4-3-5-8-7(6)2;1-4-3-5(4)2;1-3-4-2/h3-10H,1-2H3;3-8H,1-2H3;7-9H,4-6H2,1-3H3;2*3-5H,1-2H3;4-5H,3H2,1-2H3;3-4H,1-2H3/b;;;;;;4-3-/t;;;;;4-,5?;/m.....0./s1. The van der Waals surface area contributed by atoms with Gasteiger partial charge in [0.1, 0.15) is 0 Å². The van der Waals surface area contributed by atoms with Crippen molar-refractivity contribution in [3.8, 4) is 11.1 Å². The van der Waals surface area contributed by atoms with Gasteiger partial charge in [0, 0.05) is 24.3 Å². The number of benzene rings is 4. The first-order chi connectivity index (χ1) is 28.6. The molecule has 4 aromatic carbocycles. The summed E-state index contributed by atoms with van der Waals surface area (Å²) in [6.45, 7) is 32.6. The summed E-state index contributed by atoms with van der Waals surface area (Å²) >= 11 is 0. The normalized spacial score (nSPS) is 18.4. The summed E-state index contributed by atoms with van der Waals surface area (Å²) in [4.78, 5) is 8.02. The van der Waals surface area contributed by atoms with Crippen LogP contribution in [0.5, 0.6) is 0 Å². The van der Waals surface area contributed by atoms with Crippen LogP contribution >= 0.6 is 0 Å². The summed E-state index contributed by atoms with van der Waals surface area (Å²) < 4.78 is 0. The quantitative estimate of drug-likeness (QED) is 0.155. The number of aromatic nitrogens is 2. The highest BCUT2D eigenvalue weighted by atomic mass is 14.7. The highest BCUT2D eigenvalue weighted by Crippen LogP contribution is 2.36. The second kappa shape index (κ2) is 27.8. The maximum atomic E-state index is 4.08. The van der Waals surface area contributed by atoms with Crippen LogP contribution in [0.1, 0.15) is 119 Å². The van der Waals surface area contributed by atoms with Crippen LogP contribution in [0.2, 0.25) is 0 Å². The Balaban J connectivity index is 0.000000249. The van der Waals surface area contributed by atoms with Crippen LogP contribution in [0.3, 0.4) is 0 Å². The topological polar surface area (TPSA) is 25.8 Å². The van der Waals surface area contributed by atoms with Gasteiger partial charge in [-0.05, 0) is 178 Å². The van der Waals surface area contributed by atoms with Crippen molar-refractivity contribution >= 4 is 10.8 Å². The summed E-state index contributed by atoms with van der Waals surface area (Å²) in [7, 11) is 0. The fourth-order valence-corrected chi connectivity index (χ4v) is 6.68. The molecular weight excluding hydrogens is 725 g/mol. The Morgan fingerprint density at radius 2 is 0.883 bits per heavy atom. The number of hydrogen-bond acceptors (Lipinski definition) is 2. The minimum Gasteiger partial charge on any atom is -0.264 e. The first-order valence-corrected chi connectivity index (χ1v) is 22.5. The molecule has 322 valence electrons. The van der Waals surface area contributed by atoms with Crippen LogP contribution in [0.25, 0.3) is 21.9 Å². The van der Waals surface area contributed by atoms with Crippen molar-refractivity contribution in [1.29, 1.82) is 0 Å². The van der Waals surface area contributed by atoms with Crippen LogP contribution in [0.4, 0.5) is 0 Å². The lowest BCUT2D eigenvalue weighted by Gasteiger charge is -2.31. The van der Waals surface area contributed by atoms with Gasteiger partial charge < -0.3 is 0 Å². The van der Waals surface area contributed by atoms with Gasteiger partial charge in [0.2, 0.25) is 0 Å². The van der Waals surface area contributed by atoms with E-state index in [1.54, 1.807) is 0 Å². The SMILES string of the molecule is C/C=C\C.CC1CCCC(C)C1C.CC1C[C@@H]1C.Cc1cc2ccccc2cc1C.Cc1ccccc1-c1ccccc1C.Cc1cccnc1C.Cc1ccncc1C. The third-order valence-corrected chi connectivity index (χ3v) is 12.5. The van der Waals surface area contributed by atoms with Crippen LogP contribution in [0.15, 0.2) is 134 Å². The maximum Gasteiger partial charge on any atom is 0.0401 e. The maximum absolute atomic E-state index is 4.08. The number of aryl methyl sites for hydroxylation is 8. The summed E-state index contributed by atoms with van der Waals surface area (Å²) in [5.41, 5.74) is 13.0. The molecule has 0 N–H and O–H groups in total. The van der Waals surface area contributed by atoms with Crippen molar-refractivity contribution in [3.05, 3.63) is 179 Å². The molecule has 0 amide bonds. The molecule has 2 heterocycles. The van der Waals surface area contributed by atoms with Crippen LogP contribution < -0.4 is 0 Å². The van der Waals surface area contributed by atoms with Gasteiger partial charge in [0.05, 0.1) is 0 Å². The minimum atomic E-state index is 0.971. The molecule has 0 saturated heterocycles. The smallest absolute Gasteiger partial charge is 0.0401 e. The summed E-state index contributed by atoms with van der Waals surface area (Å²) in [6, 6.07) is 36.0. The van der Waals surface area contributed by atoms with E-state index in [4.69, 9.17) is 0 Å². The monoisotopic (exact) mass is 805 g/mol. The number of hydrogen-bond donors (Lipinski definition) is 0. The third kappa shape index (κ3) is 19.1. The Kier molecular flexibility index (Phi) is 23.8. The van der Waals surface area contributed by atoms with Crippen molar-refractivity contribution in [2.24, 2.45) is 29.6 Å². The molecule has 3 unspecified atom stereocenters. The van der Waals surface area contributed by atoms with Crippen molar-refractivity contribution in [2.75, 3.05) is 0 Å². The first-order valence-electron chi connectivity index (χ1n) is 22.5. The van der Waals surface area contributed by atoms with E-state index in [0.717, 1.165) is 35.3 Å². The van der Waals surface area contributed by atoms with Crippen molar-refractivity contribution < 1.29 is 0 Å². The van der Waals surface area contributed by atoms with E-state index in [1.807, 2.05) is 63.6 Å². The van der Waals surface area contributed by atoms with E-state index in [9.17, 15) is 0 Å². The molecule has 2 aliphatic rings. The average Bonchev–Trinajstić information content (AvgIpc) is 3.91. The van der Waals surface area contributed by atoms with Gasteiger partial charge in [-0.2, -0.15) is 0 Å². The number of nitrogens with zero attached hydrogens (tertiary/aromatic N) is 2. The molecule has 2 aliphatic carbocycles. The Morgan fingerprint density at radius 1 is 0.450 bits per heavy atom. The molecule has 2 heteroatoms. The summed E-state index contributed by atoms with van der Waals surface area (Å²) in [5.74, 6) is 5.03. The second-order valence-electron chi connectivity index (χ2n) is 17.4. The number of rotatable bonds is 1. The highest BCUT2D eigenvalue weighted by molar-refractivity contribution is 5.83. The number of allylic oxidation sites excluding steroid dienone is 2. The number of pyridine rings is 2. The molecule has 4 atom stereocenters. The van der Waals surface area contributed by atoms with Crippen LogP contribution in [-0.2, 0) is 0 Å². The van der Waals surface area contributed by atoms with Crippen molar-refractivity contribution in [3.63, 3.8) is 0 Å². The summed E-state index contributed by atoms with van der Waals surface area (Å²) in [5, 5.41) is 2.67. The molecular formula is C58H80N2. The first kappa shape index (κ1) is 51.3. The van der Waals surface area contributed by atoms with Crippen LogP contribution in [0, 0.1) is 85.0 Å². The Hall–Kier alpha value is -4.82. The van der Waals surface area contributed by atoms with Crippen LogP contribution in [-0.4, -0.2) is 9.97 Å². The highest BCUT2D eigenvalue weighted by Gasteiger charge is 2.26. The lowest BCUT2D eigenvalue weighted by Crippen LogP contribution is -2.21. The molecule has 0 radical (unpaired) electrons. The molecule has 6 aromatic rings. The molecule has 0 aliphatic heterocycles. The molecule has 2 fully saturated rings. The fraction of sp³-hybridized carbons (Fsp3) is 0.414. The second-order valence-corrected chi connectivity index (χ2v) is 17.4. The van der Waals surface area contributed by atoms with E-state index in [2.05, 4.69) is 184 Å². The van der Waals surface area contributed by atoms with Gasteiger partial charge in [-0.1, -0.05) is 157 Å². The Morgan fingerprint density at radius 3 is 1.20 bits per heavy atom. The fourth-order valence-electron chi connectivity index (χ4n) is 6.68. The summed E-state index contributed by atoms with van der Waals surface area (Å²) in [6.07, 6.45) is 15.4.